The van der Waals surface area contributed by atoms with Crippen molar-refractivity contribution >= 4 is 5.91 Å². The van der Waals surface area contributed by atoms with Crippen LogP contribution < -0.4 is 11.1 Å². The molecule has 0 bridgehead atoms. The van der Waals surface area contributed by atoms with Crippen LogP contribution in [0.5, 0.6) is 0 Å². The number of amides is 1. The second kappa shape index (κ2) is 6.86. The third-order valence-electron chi connectivity index (χ3n) is 3.47. The molecule has 4 nitrogen and oxygen atoms in total. The van der Waals surface area contributed by atoms with Crippen LogP contribution in [0.1, 0.15) is 32.6 Å². The standard InChI is InChI=1S/C12H25N3O/c1-10-3-5-11(6-4-10)15(2)9-12(16)14-8-7-13/h10-11H,3-9,13H2,1-2H3,(H,14,16). The van der Waals surface area contributed by atoms with E-state index in [9.17, 15) is 4.79 Å². The first-order chi connectivity index (χ1) is 7.63. The molecular weight excluding hydrogens is 202 g/mol. The zero-order valence-electron chi connectivity index (χ0n) is 10.5. The summed E-state index contributed by atoms with van der Waals surface area (Å²) in [5.74, 6) is 0.947. The molecule has 1 amide bonds. The molecule has 4 heteroatoms. The lowest BCUT2D eigenvalue weighted by molar-refractivity contribution is -0.122. The number of hydrogen-bond donors (Lipinski definition) is 2. The minimum Gasteiger partial charge on any atom is -0.354 e. The van der Waals surface area contributed by atoms with Gasteiger partial charge in [0.15, 0.2) is 0 Å². The number of hydrogen-bond acceptors (Lipinski definition) is 3. The molecule has 0 aromatic heterocycles. The monoisotopic (exact) mass is 227 g/mol. The molecular formula is C12H25N3O. The van der Waals surface area contributed by atoms with E-state index in [0.29, 0.717) is 25.7 Å². The summed E-state index contributed by atoms with van der Waals surface area (Å²) in [4.78, 5) is 13.7. The van der Waals surface area contributed by atoms with Gasteiger partial charge in [-0.15, -0.1) is 0 Å². The summed E-state index contributed by atoms with van der Waals surface area (Å²) in [6.45, 7) is 3.90. The highest BCUT2D eigenvalue weighted by atomic mass is 16.2. The summed E-state index contributed by atoms with van der Waals surface area (Å²) >= 11 is 0. The molecule has 94 valence electrons. The van der Waals surface area contributed by atoms with Crippen molar-refractivity contribution in [1.29, 1.82) is 0 Å². The summed E-state index contributed by atoms with van der Waals surface area (Å²) in [6, 6.07) is 0.583. The van der Waals surface area contributed by atoms with Crippen LogP contribution in [-0.4, -0.2) is 43.5 Å². The molecule has 1 saturated carbocycles. The molecule has 1 rings (SSSR count). The topological polar surface area (TPSA) is 58.4 Å². The molecule has 0 aromatic carbocycles. The first-order valence-electron chi connectivity index (χ1n) is 6.30. The van der Waals surface area contributed by atoms with Crippen LogP contribution in [0.2, 0.25) is 0 Å². The van der Waals surface area contributed by atoms with Gasteiger partial charge in [0.05, 0.1) is 6.54 Å². The van der Waals surface area contributed by atoms with Gasteiger partial charge in [-0.05, 0) is 38.6 Å². The van der Waals surface area contributed by atoms with Crippen molar-refractivity contribution in [2.75, 3.05) is 26.7 Å². The lowest BCUT2D eigenvalue weighted by Crippen LogP contribution is -2.43. The maximum absolute atomic E-state index is 11.5. The molecule has 1 aliphatic carbocycles. The van der Waals surface area contributed by atoms with E-state index in [1.807, 2.05) is 7.05 Å². The predicted molar refractivity (Wildman–Crippen MR) is 66.1 cm³/mol. The average molecular weight is 227 g/mol. The molecule has 0 atom stereocenters. The molecule has 1 fully saturated rings. The van der Waals surface area contributed by atoms with Gasteiger partial charge in [-0.3, -0.25) is 9.69 Å². The van der Waals surface area contributed by atoms with E-state index >= 15 is 0 Å². The number of carbonyl (C=O) groups is 1. The zero-order valence-corrected chi connectivity index (χ0v) is 10.5. The van der Waals surface area contributed by atoms with Crippen molar-refractivity contribution in [3.05, 3.63) is 0 Å². The van der Waals surface area contributed by atoms with Gasteiger partial charge in [0, 0.05) is 19.1 Å². The minimum absolute atomic E-state index is 0.0894. The Balaban J connectivity index is 2.23. The van der Waals surface area contributed by atoms with E-state index in [2.05, 4.69) is 17.1 Å². The smallest absolute Gasteiger partial charge is 0.234 e. The zero-order chi connectivity index (χ0) is 12.0. The van der Waals surface area contributed by atoms with Crippen LogP contribution in [0.4, 0.5) is 0 Å². The van der Waals surface area contributed by atoms with E-state index in [0.717, 1.165) is 5.92 Å². The van der Waals surface area contributed by atoms with Crippen molar-refractivity contribution in [2.45, 2.75) is 38.6 Å². The molecule has 1 aliphatic rings. The summed E-state index contributed by atoms with van der Waals surface area (Å²) < 4.78 is 0. The summed E-state index contributed by atoms with van der Waals surface area (Å²) in [7, 11) is 2.04. The highest BCUT2D eigenvalue weighted by molar-refractivity contribution is 5.77. The lowest BCUT2D eigenvalue weighted by Gasteiger charge is -2.33. The van der Waals surface area contributed by atoms with Crippen molar-refractivity contribution in [1.82, 2.24) is 10.2 Å². The fourth-order valence-electron chi connectivity index (χ4n) is 2.31. The second-order valence-corrected chi connectivity index (χ2v) is 4.97. The van der Waals surface area contributed by atoms with E-state index in [1.54, 1.807) is 0 Å². The highest BCUT2D eigenvalue weighted by Crippen LogP contribution is 2.26. The van der Waals surface area contributed by atoms with Crippen molar-refractivity contribution in [2.24, 2.45) is 11.7 Å². The summed E-state index contributed by atoms with van der Waals surface area (Å²) in [5, 5.41) is 2.81. The number of likely N-dealkylation sites (N-methyl/N-ethyl adjacent to an activating group) is 1. The van der Waals surface area contributed by atoms with Gasteiger partial charge in [0.25, 0.3) is 0 Å². The van der Waals surface area contributed by atoms with Crippen molar-refractivity contribution in [3.63, 3.8) is 0 Å². The molecule has 0 unspecified atom stereocenters. The Morgan fingerprint density at radius 1 is 1.38 bits per heavy atom. The summed E-state index contributed by atoms with van der Waals surface area (Å²) in [5.41, 5.74) is 5.34. The molecule has 3 N–H and O–H groups in total. The summed E-state index contributed by atoms with van der Waals surface area (Å²) in [6.07, 6.45) is 5.03. The minimum atomic E-state index is 0.0894. The van der Waals surface area contributed by atoms with Gasteiger partial charge in [-0.2, -0.15) is 0 Å². The highest BCUT2D eigenvalue weighted by Gasteiger charge is 2.22. The molecule has 0 spiro atoms. The Kier molecular flexibility index (Phi) is 5.77. The number of nitrogens with zero attached hydrogens (tertiary/aromatic N) is 1. The normalized spacial score (nSPS) is 25.8. The molecule has 0 radical (unpaired) electrons. The first-order valence-corrected chi connectivity index (χ1v) is 6.30. The van der Waals surface area contributed by atoms with Crippen LogP contribution in [0.15, 0.2) is 0 Å². The predicted octanol–water partition coefficient (Wildman–Crippen LogP) is 0.572. The quantitative estimate of drug-likeness (QED) is 0.722. The Bertz CT molecular complexity index is 212. The Hall–Kier alpha value is -0.610. The van der Waals surface area contributed by atoms with E-state index in [4.69, 9.17) is 5.73 Å². The largest absolute Gasteiger partial charge is 0.354 e. The van der Waals surface area contributed by atoms with Gasteiger partial charge in [0.2, 0.25) is 5.91 Å². The van der Waals surface area contributed by atoms with Gasteiger partial charge >= 0.3 is 0 Å². The lowest BCUT2D eigenvalue weighted by atomic mass is 9.87. The van der Waals surface area contributed by atoms with Gasteiger partial charge in [0.1, 0.15) is 0 Å². The fraction of sp³-hybridized carbons (Fsp3) is 0.917. The van der Waals surface area contributed by atoms with Crippen molar-refractivity contribution in [3.8, 4) is 0 Å². The Morgan fingerprint density at radius 3 is 2.56 bits per heavy atom. The van der Waals surface area contributed by atoms with Crippen LogP contribution in [0.25, 0.3) is 0 Å². The second-order valence-electron chi connectivity index (χ2n) is 4.97. The maximum atomic E-state index is 11.5. The van der Waals surface area contributed by atoms with Crippen LogP contribution in [0.3, 0.4) is 0 Å². The van der Waals surface area contributed by atoms with E-state index in [-0.39, 0.29) is 5.91 Å². The molecule has 0 aromatic rings. The maximum Gasteiger partial charge on any atom is 0.234 e. The third kappa shape index (κ3) is 4.49. The van der Waals surface area contributed by atoms with E-state index < -0.39 is 0 Å². The number of carbonyl (C=O) groups excluding carboxylic acids is 1. The number of nitrogens with one attached hydrogen (secondary N) is 1. The van der Waals surface area contributed by atoms with Gasteiger partial charge in [-0.1, -0.05) is 6.92 Å². The molecule has 0 heterocycles. The van der Waals surface area contributed by atoms with Gasteiger partial charge in [-0.25, -0.2) is 0 Å². The molecule has 0 saturated heterocycles. The fourth-order valence-corrected chi connectivity index (χ4v) is 2.31. The van der Waals surface area contributed by atoms with Gasteiger partial charge < -0.3 is 11.1 Å². The first kappa shape index (κ1) is 13.5. The number of nitrogens with two attached hydrogens (primary N) is 1. The van der Waals surface area contributed by atoms with Crippen molar-refractivity contribution < 1.29 is 4.79 Å². The third-order valence-corrected chi connectivity index (χ3v) is 3.47. The Labute approximate surface area is 98.6 Å². The van der Waals surface area contributed by atoms with Crippen LogP contribution >= 0.6 is 0 Å². The number of rotatable bonds is 5. The SMILES string of the molecule is CC1CCC(N(C)CC(=O)NCCN)CC1. The molecule has 16 heavy (non-hydrogen) atoms. The van der Waals surface area contributed by atoms with Crippen LogP contribution in [0, 0.1) is 5.92 Å². The molecule has 0 aliphatic heterocycles. The average Bonchev–Trinajstić information content (AvgIpc) is 2.27. The Morgan fingerprint density at radius 2 is 2.00 bits per heavy atom. The van der Waals surface area contributed by atoms with E-state index in [1.165, 1.54) is 25.7 Å². The van der Waals surface area contributed by atoms with Crippen LogP contribution in [-0.2, 0) is 4.79 Å².